The van der Waals surface area contributed by atoms with Crippen LogP contribution in [-0.4, -0.2) is 89.6 Å². The number of carbonyl (C=O) groups excluding carboxylic acids is 1. The first-order valence-corrected chi connectivity index (χ1v) is 19.6. The summed E-state index contributed by atoms with van der Waals surface area (Å²) in [6.45, 7) is 4.43. The molecule has 9 nitrogen and oxygen atoms in total. The molecule has 0 saturated carbocycles. The number of aliphatic hydroxyl groups is 4. The van der Waals surface area contributed by atoms with E-state index in [2.05, 4.69) is 50.3 Å². The Morgan fingerprint density at radius 2 is 1.18 bits per heavy atom. The molecule has 1 saturated heterocycles. The molecular weight excluding hydrogens is 624 g/mol. The van der Waals surface area contributed by atoms with Crippen LogP contribution in [0.15, 0.2) is 36.5 Å². The Labute approximate surface area is 298 Å². The fraction of sp³-hybridized carbons (Fsp3) is 0.825. The van der Waals surface area contributed by atoms with Crippen LogP contribution >= 0.6 is 0 Å². The van der Waals surface area contributed by atoms with Gasteiger partial charge < -0.3 is 39.4 Å². The second kappa shape index (κ2) is 32.3. The third-order valence-corrected chi connectivity index (χ3v) is 8.78. The summed E-state index contributed by atoms with van der Waals surface area (Å²) in [6.07, 6.45) is 28.8. The summed E-state index contributed by atoms with van der Waals surface area (Å²) in [5.41, 5.74) is 0. The highest BCUT2D eigenvalue weighted by atomic mass is 16.7. The predicted molar refractivity (Wildman–Crippen MR) is 196 cm³/mol. The lowest BCUT2D eigenvalue weighted by Crippen LogP contribution is -2.59. The van der Waals surface area contributed by atoms with Crippen LogP contribution in [0.4, 0.5) is 0 Å². The minimum atomic E-state index is -1.54. The number of allylic oxidation sites excluding steroid dienone is 6. The van der Waals surface area contributed by atoms with Gasteiger partial charge in [0.25, 0.3) is 0 Å². The third kappa shape index (κ3) is 24.3. The van der Waals surface area contributed by atoms with Gasteiger partial charge >= 0.3 is 5.97 Å². The van der Waals surface area contributed by atoms with Crippen molar-refractivity contribution >= 4 is 5.97 Å². The van der Waals surface area contributed by atoms with Gasteiger partial charge in [0.2, 0.25) is 0 Å². The van der Waals surface area contributed by atoms with Crippen molar-refractivity contribution in [2.75, 3.05) is 26.4 Å². The van der Waals surface area contributed by atoms with Crippen molar-refractivity contribution in [1.82, 2.24) is 0 Å². The highest BCUT2D eigenvalue weighted by molar-refractivity contribution is 5.69. The largest absolute Gasteiger partial charge is 0.457 e. The fourth-order valence-corrected chi connectivity index (χ4v) is 5.60. The van der Waals surface area contributed by atoms with E-state index in [1.54, 1.807) is 0 Å². The van der Waals surface area contributed by atoms with E-state index in [4.69, 9.17) is 18.9 Å². The lowest BCUT2D eigenvalue weighted by atomic mass is 9.99. The molecule has 0 aromatic heterocycles. The molecule has 0 bridgehead atoms. The molecule has 49 heavy (non-hydrogen) atoms. The third-order valence-electron chi connectivity index (χ3n) is 8.78. The molecular formula is C40H72O9. The summed E-state index contributed by atoms with van der Waals surface area (Å²) in [5.74, 6) is -0.332. The van der Waals surface area contributed by atoms with E-state index in [-0.39, 0.29) is 19.2 Å². The number of hydrogen-bond acceptors (Lipinski definition) is 9. The fourth-order valence-electron chi connectivity index (χ4n) is 5.60. The summed E-state index contributed by atoms with van der Waals surface area (Å²) in [7, 11) is 0. The van der Waals surface area contributed by atoms with Gasteiger partial charge in [-0.3, -0.25) is 4.79 Å². The molecule has 6 atom stereocenters. The standard InChI is InChI=1S/C40H72O9/c1-3-5-7-9-11-13-15-17-18-19-21-23-25-27-29-36(42)48-34(33-47-40-39(45)38(44)37(43)35(31-41)49-40)32-46-30-28-26-24-22-20-16-14-12-10-8-6-4-2/h9-12,15,17,34-35,37-41,43-45H,3-8,13-14,16,18-33H2,1-2H3/b11-9-,12-10-,17-15-. The number of hydrogen-bond donors (Lipinski definition) is 4. The van der Waals surface area contributed by atoms with E-state index >= 15 is 0 Å². The molecule has 0 aromatic rings. The maximum absolute atomic E-state index is 12.7. The molecule has 0 aliphatic carbocycles. The molecule has 1 heterocycles. The Balaban J connectivity index is 2.34. The van der Waals surface area contributed by atoms with Crippen LogP contribution in [0.25, 0.3) is 0 Å². The first-order chi connectivity index (χ1) is 23.9. The molecule has 4 N–H and O–H groups in total. The SMILES string of the molecule is CCCC/C=C\C/C=C\CCCCCCCC(=O)OC(COCCCCCCCC/C=C\CCCC)COC1OC(CO)C(O)C(O)C1O. The van der Waals surface area contributed by atoms with Crippen LogP contribution in [0.2, 0.25) is 0 Å². The first kappa shape index (κ1) is 45.4. The monoisotopic (exact) mass is 697 g/mol. The maximum atomic E-state index is 12.7. The van der Waals surface area contributed by atoms with Crippen molar-refractivity contribution in [2.24, 2.45) is 0 Å². The van der Waals surface area contributed by atoms with Gasteiger partial charge in [-0.15, -0.1) is 0 Å². The van der Waals surface area contributed by atoms with E-state index < -0.39 is 43.4 Å². The second-order valence-electron chi connectivity index (χ2n) is 13.4. The lowest BCUT2D eigenvalue weighted by Gasteiger charge is -2.39. The summed E-state index contributed by atoms with van der Waals surface area (Å²) >= 11 is 0. The van der Waals surface area contributed by atoms with Gasteiger partial charge in [0.15, 0.2) is 6.29 Å². The van der Waals surface area contributed by atoms with Gasteiger partial charge in [-0.2, -0.15) is 0 Å². The molecule has 0 spiro atoms. The van der Waals surface area contributed by atoms with Gasteiger partial charge in [-0.25, -0.2) is 0 Å². The molecule has 0 radical (unpaired) electrons. The number of esters is 1. The number of unbranched alkanes of at least 4 members (excludes halogenated alkanes) is 15. The van der Waals surface area contributed by atoms with E-state index in [1.165, 1.54) is 57.8 Å². The number of ether oxygens (including phenoxy) is 4. The Hall–Kier alpha value is -1.59. The average Bonchev–Trinajstić information content (AvgIpc) is 3.10. The quantitative estimate of drug-likeness (QED) is 0.0318. The van der Waals surface area contributed by atoms with Crippen LogP contribution < -0.4 is 0 Å². The van der Waals surface area contributed by atoms with Crippen LogP contribution in [0.1, 0.15) is 149 Å². The zero-order valence-corrected chi connectivity index (χ0v) is 30.9. The Morgan fingerprint density at radius 3 is 1.78 bits per heavy atom. The Morgan fingerprint density at radius 1 is 0.653 bits per heavy atom. The van der Waals surface area contributed by atoms with Crippen LogP contribution in [0, 0.1) is 0 Å². The molecule has 0 amide bonds. The molecule has 1 aliphatic heterocycles. The average molecular weight is 697 g/mol. The Kier molecular flexibility index (Phi) is 30.0. The van der Waals surface area contributed by atoms with Crippen LogP contribution in [-0.2, 0) is 23.7 Å². The molecule has 286 valence electrons. The number of aliphatic hydroxyl groups excluding tert-OH is 4. The minimum absolute atomic E-state index is 0.122. The maximum Gasteiger partial charge on any atom is 0.306 e. The second-order valence-corrected chi connectivity index (χ2v) is 13.4. The van der Waals surface area contributed by atoms with Crippen molar-refractivity contribution in [3.05, 3.63) is 36.5 Å². The predicted octanol–water partition coefficient (Wildman–Crippen LogP) is 7.63. The van der Waals surface area contributed by atoms with Crippen molar-refractivity contribution in [1.29, 1.82) is 0 Å². The van der Waals surface area contributed by atoms with E-state index in [0.29, 0.717) is 13.0 Å². The van der Waals surface area contributed by atoms with Crippen LogP contribution in [0.3, 0.4) is 0 Å². The number of carbonyl (C=O) groups is 1. The van der Waals surface area contributed by atoms with Gasteiger partial charge in [0, 0.05) is 13.0 Å². The Bertz CT molecular complexity index is 844. The molecule has 9 heteroatoms. The van der Waals surface area contributed by atoms with Crippen LogP contribution in [0.5, 0.6) is 0 Å². The molecule has 1 fully saturated rings. The lowest BCUT2D eigenvalue weighted by molar-refractivity contribution is -0.305. The van der Waals surface area contributed by atoms with E-state index in [1.807, 2.05) is 0 Å². The summed E-state index contributed by atoms with van der Waals surface area (Å²) < 4.78 is 22.7. The van der Waals surface area contributed by atoms with Crippen molar-refractivity contribution in [3.63, 3.8) is 0 Å². The highest BCUT2D eigenvalue weighted by Gasteiger charge is 2.44. The van der Waals surface area contributed by atoms with Gasteiger partial charge in [0.1, 0.15) is 30.5 Å². The molecule has 1 rings (SSSR count). The zero-order valence-electron chi connectivity index (χ0n) is 30.9. The summed E-state index contributed by atoms with van der Waals surface area (Å²) in [4.78, 5) is 12.7. The first-order valence-electron chi connectivity index (χ1n) is 19.6. The van der Waals surface area contributed by atoms with Crippen molar-refractivity contribution in [3.8, 4) is 0 Å². The normalized spacial score (nSPS) is 22.1. The summed E-state index contributed by atoms with van der Waals surface area (Å²) in [5, 5.41) is 39.9. The van der Waals surface area contributed by atoms with Crippen molar-refractivity contribution < 1.29 is 44.2 Å². The minimum Gasteiger partial charge on any atom is -0.457 e. The number of rotatable bonds is 32. The molecule has 0 aromatic carbocycles. The molecule has 6 unspecified atom stereocenters. The zero-order chi connectivity index (χ0) is 35.8. The van der Waals surface area contributed by atoms with E-state index in [9.17, 15) is 25.2 Å². The van der Waals surface area contributed by atoms with Gasteiger partial charge in [-0.05, 0) is 57.8 Å². The van der Waals surface area contributed by atoms with E-state index in [0.717, 1.165) is 70.6 Å². The van der Waals surface area contributed by atoms with Gasteiger partial charge in [0.05, 0.1) is 19.8 Å². The highest BCUT2D eigenvalue weighted by Crippen LogP contribution is 2.22. The molecule has 1 aliphatic rings. The summed E-state index contributed by atoms with van der Waals surface area (Å²) in [6, 6.07) is 0. The smallest absolute Gasteiger partial charge is 0.306 e. The topological polar surface area (TPSA) is 135 Å². The van der Waals surface area contributed by atoms with Gasteiger partial charge in [-0.1, -0.05) is 121 Å². The van der Waals surface area contributed by atoms with Crippen molar-refractivity contribution in [2.45, 2.75) is 185 Å².